The van der Waals surface area contributed by atoms with Crippen molar-refractivity contribution in [3.05, 3.63) is 35.9 Å². The summed E-state index contributed by atoms with van der Waals surface area (Å²) in [6, 6.07) is 6.91. The molecule has 1 aromatic rings. The minimum absolute atomic E-state index is 0.0348. The molecule has 6 N–H and O–H groups in total. The highest BCUT2D eigenvalue weighted by molar-refractivity contribution is 5.92. The number of aldehydes is 1. The number of alkyl carbamates (subject to hydrolysis) is 1. The fourth-order valence-corrected chi connectivity index (χ4v) is 3.73. The lowest BCUT2D eigenvalue weighted by atomic mass is 10.0. The normalized spacial score (nSPS) is 16.9. The predicted molar refractivity (Wildman–Crippen MR) is 122 cm³/mol. The zero-order chi connectivity index (χ0) is 24.2. The number of amides is 3. The summed E-state index contributed by atoms with van der Waals surface area (Å²) in [5.41, 5.74) is 11.4. The number of hydrogen-bond acceptors (Lipinski definition) is 6. The van der Waals surface area contributed by atoms with Gasteiger partial charge in [0, 0.05) is 19.5 Å². The standard InChI is InChI=1S/C22H32N6O5/c1-33-22(32)27-17(13-15-7-3-2-4-8-15)20(31)28-12-6-10-18(28)19(30)26-16(14-29)9-5-11-25-21(23)24/h2-4,7-8,14,16-18H,5-6,9-13H2,1H3,(H,26,30)(H,27,32)(H4,23,24,25)/t16-,17+,18-/m0/s1. The zero-order valence-electron chi connectivity index (χ0n) is 18.7. The van der Waals surface area contributed by atoms with Crippen LogP contribution in [0.15, 0.2) is 35.3 Å². The van der Waals surface area contributed by atoms with Crippen LogP contribution in [0.3, 0.4) is 0 Å². The highest BCUT2D eigenvalue weighted by Crippen LogP contribution is 2.20. The van der Waals surface area contributed by atoms with Crippen LogP contribution < -0.4 is 22.1 Å². The summed E-state index contributed by atoms with van der Waals surface area (Å²) >= 11 is 0. The van der Waals surface area contributed by atoms with Crippen LogP contribution in [0.2, 0.25) is 0 Å². The molecular weight excluding hydrogens is 428 g/mol. The maximum absolute atomic E-state index is 13.3. The molecule has 1 aliphatic rings. The Balaban J connectivity index is 2.05. The number of benzene rings is 1. The van der Waals surface area contributed by atoms with Crippen LogP contribution in [-0.2, 0) is 25.5 Å². The number of hydrogen-bond donors (Lipinski definition) is 4. The molecule has 0 aliphatic carbocycles. The molecule has 1 aliphatic heterocycles. The van der Waals surface area contributed by atoms with Crippen molar-refractivity contribution in [3.63, 3.8) is 0 Å². The van der Waals surface area contributed by atoms with Crippen LogP contribution >= 0.6 is 0 Å². The summed E-state index contributed by atoms with van der Waals surface area (Å²) in [4.78, 5) is 54.8. The maximum atomic E-state index is 13.3. The van der Waals surface area contributed by atoms with Crippen LogP contribution in [0, 0.1) is 0 Å². The van der Waals surface area contributed by atoms with E-state index in [-0.39, 0.29) is 18.3 Å². The number of guanidine groups is 1. The third kappa shape index (κ3) is 8.09. The van der Waals surface area contributed by atoms with E-state index < -0.39 is 30.1 Å². The van der Waals surface area contributed by atoms with E-state index >= 15 is 0 Å². The van der Waals surface area contributed by atoms with Gasteiger partial charge in [0.1, 0.15) is 18.4 Å². The molecule has 1 fully saturated rings. The number of rotatable bonds is 11. The molecule has 180 valence electrons. The first-order valence-electron chi connectivity index (χ1n) is 10.9. The van der Waals surface area contributed by atoms with Gasteiger partial charge in [-0.3, -0.25) is 14.6 Å². The van der Waals surface area contributed by atoms with Gasteiger partial charge in [-0.1, -0.05) is 30.3 Å². The molecule has 0 radical (unpaired) electrons. The molecule has 11 nitrogen and oxygen atoms in total. The SMILES string of the molecule is COC(=O)N[C@H](Cc1ccccc1)C(=O)N1CCC[C@H]1C(=O)N[C@H](C=O)CCCN=C(N)N. The molecular formula is C22H32N6O5. The third-order valence-electron chi connectivity index (χ3n) is 5.36. The Hall–Kier alpha value is -3.63. The number of nitrogens with two attached hydrogens (primary N) is 2. The molecule has 1 saturated heterocycles. The highest BCUT2D eigenvalue weighted by Gasteiger charge is 2.38. The minimum atomic E-state index is -0.894. The quantitative estimate of drug-likeness (QED) is 0.152. The second-order valence-corrected chi connectivity index (χ2v) is 7.77. The van der Waals surface area contributed by atoms with Crippen molar-refractivity contribution < 1.29 is 23.9 Å². The van der Waals surface area contributed by atoms with E-state index in [2.05, 4.69) is 20.4 Å². The van der Waals surface area contributed by atoms with Crippen molar-refractivity contribution in [1.29, 1.82) is 0 Å². The van der Waals surface area contributed by atoms with Crippen LogP contribution in [-0.4, -0.2) is 73.4 Å². The van der Waals surface area contributed by atoms with Gasteiger partial charge < -0.3 is 36.5 Å². The van der Waals surface area contributed by atoms with E-state index in [1.165, 1.54) is 12.0 Å². The fourth-order valence-electron chi connectivity index (χ4n) is 3.73. The second-order valence-electron chi connectivity index (χ2n) is 7.77. The Bertz CT molecular complexity index is 843. The van der Waals surface area contributed by atoms with E-state index in [4.69, 9.17) is 11.5 Å². The van der Waals surface area contributed by atoms with Gasteiger partial charge in [0.25, 0.3) is 0 Å². The Morgan fingerprint density at radius 2 is 1.97 bits per heavy atom. The number of carbonyl (C=O) groups excluding carboxylic acids is 4. The fraction of sp³-hybridized carbons (Fsp3) is 0.500. The number of nitrogens with one attached hydrogen (secondary N) is 2. The van der Waals surface area contributed by atoms with Gasteiger partial charge in [0.2, 0.25) is 11.8 Å². The summed E-state index contributed by atoms with van der Waals surface area (Å²) in [5, 5.41) is 5.27. The highest BCUT2D eigenvalue weighted by atomic mass is 16.5. The van der Waals surface area contributed by atoms with E-state index in [1.807, 2.05) is 30.3 Å². The van der Waals surface area contributed by atoms with Crippen LogP contribution in [0.5, 0.6) is 0 Å². The smallest absolute Gasteiger partial charge is 0.407 e. The Labute approximate surface area is 192 Å². The van der Waals surface area contributed by atoms with Gasteiger partial charge in [-0.05, 0) is 31.2 Å². The summed E-state index contributed by atoms with van der Waals surface area (Å²) in [5.74, 6) is -0.818. The zero-order valence-corrected chi connectivity index (χ0v) is 18.7. The number of likely N-dealkylation sites (tertiary alicyclic amines) is 1. The van der Waals surface area contributed by atoms with Gasteiger partial charge in [0.15, 0.2) is 5.96 Å². The van der Waals surface area contributed by atoms with Crippen molar-refractivity contribution in [3.8, 4) is 0 Å². The molecule has 3 atom stereocenters. The largest absolute Gasteiger partial charge is 0.453 e. The average Bonchev–Trinajstić information content (AvgIpc) is 3.30. The monoisotopic (exact) mass is 460 g/mol. The van der Waals surface area contributed by atoms with Crippen molar-refractivity contribution in [2.24, 2.45) is 16.5 Å². The number of ether oxygens (including phenoxy) is 1. The third-order valence-corrected chi connectivity index (χ3v) is 5.36. The molecule has 2 rings (SSSR count). The maximum Gasteiger partial charge on any atom is 0.407 e. The van der Waals surface area contributed by atoms with Gasteiger partial charge in [-0.2, -0.15) is 0 Å². The molecule has 0 spiro atoms. The molecule has 0 aromatic heterocycles. The molecule has 11 heteroatoms. The molecule has 1 aromatic carbocycles. The lowest BCUT2D eigenvalue weighted by Crippen LogP contribution is -2.55. The van der Waals surface area contributed by atoms with Gasteiger partial charge in [-0.25, -0.2) is 4.79 Å². The van der Waals surface area contributed by atoms with Crippen molar-refractivity contribution in [2.45, 2.75) is 50.2 Å². The second kappa shape index (κ2) is 13.0. The lowest BCUT2D eigenvalue weighted by Gasteiger charge is -2.29. The van der Waals surface area contributed by atoms with Crippen LogP contribution in [0.4, 0.5) is 4.79 Å². The topological polar surface area (TPSA) is 169 Å². The molecule has 0 unspecified atom stereocenters. The Kier molecular flexibility index (Phi) is 10.1. The summed E-state index contributed by atoms with van der Waals surface area (Å²) in [6.07, 6.45) is 2.16. The van der Waals surface area contributed by atoms with Gasteiger partial charge in [0.05, 0.1) is 13.2 Å². The minimum Gasteiger partial charge on any atom is -0.453 e. The number of nitrogens with zero attached hydrogens (tertiary/aromatic N) is 2. The average molecular weight is 461 g/mol. The lowest BCUT2D eigenvalue weighted by molar-refractivity contribution is -0.140. The van der Waals surface area contributed by atoms with Gasteiger partial charge >= 0.3 is 6.09 Å². The van der Waals surface area contributed by atoms with Crippen molar-refractivity contribution >= 4 is 30.2 Å². The first-order chi connectivity index (χ1) is 15.8. The first kappa shape index (κ1) is 25.6. The molecule has 1 heterocycles. The first-order valence-corrected chi connectivity index (χ1v) is 10.9. The summed E-state index contributed by atoms with van der Waals surface area (Å²) < 4.78 is 4.67. The molecule has 0 saturated carbocycles. The van der Waals surface area contributed by atoms with Crippen molar-refractivity contribution in [1.82, 2.24) is 15.5 Å². The summed E-state index contributed by atoms with van der Waals surface area (Å²) in [7, 11) is 1.22. The number of methoxy groups -OCH3 is 1. The Morgan fingerprint density at radius 1 is 1.24 bits per heavy atom. The Morgan fingerprint density at radius 3 is 2.61 bits per heavy atom. The van der Waals surface area contributed by atoms with Crippen LogP contribution in [0.1, 0.15) is 31.2 Å². The van der Waals surface area contributed by atoms with E-state index in [0.29, 0.717) is 45.1 Å². The number of aliphatic imine (C=N–C) groups is 1. The van der Waals surface area contributed by atoms with Crippen molar-refractivity contribution in [2.75, 3.05) is 20.2 Å². The summed E-state index contributed by atoms with van der Waals surface area (Å²) in [6.45, 7) is 0.720. The van der Waals surface area contributed by atoms with E-state index in [9.17, 15) is 19.2 Å². The predicted octanol–water partition coefficient (Wildman–Crippen LogP) is -0.318. The van der Waals surface area contributed by atoms with Crippen LogP contribution in [0.25, 0.3) is 0 Å². The van der Waals surface area contributed by atoms with Gasteiger partial charge in [-0.15, -0.1) is 0 Å². The number of carbonyl (C=O) groups is 4. The molecule has 3 amide bonds. The van der Waals surface area contributed by atoms with E-state index in [0.717, 1.165) is 5.56 Å². The van der Waals surface area contributed by atoms with E-state index in [1.54, 1.807) is 0 Å². The molecule has 0 bridgehead atoms. The molecule has 33 heavy (non-hydrogen) atoms.